The number of ether oxygens (including phenoxy) is 1. The Morgan fingerprint density at radius 3 is 2.56 bits per heavy atom. The number of halogens is 1. The molecule has 0 atom stereocenters. The summed E-state index contributed by atoms with van der Waals surface area (Å²) in [5.74, 6) is 0.662. The fourth-order valence-electron chi connectivity index (χ4n) is 1.70. The van der Waals surface area contributed by atoms with Crippen LogP contribution in [0.15, 0.2) is 46.9 Å². The molecule has 0 fully saturated rings. The van der Waals surface area contributed by atoms with Crippen LogP contribution in [-0.4, -0.2) is 6.29 Å². The van der Waals surface area contributed by atoms with Gasteiger partial charge >= 0.3 is 0 Å². The van der Waals surface area contributed by atoms with E-state index in [4.69, 9.17) is 4.74 Å². The molecule has 0 N–H and O–H groups in total. The first-order valence-electron chi connectivity index (χ1n) is 5.63. The maximum absolute atomic E-state index is 10.9. The monoisotopic (exact) mass is 304 g/mol. The summed E-state index contributed by atoms with van der Waals surface area (Å²) < 4.78 is 6.78. The predicted octanol–water partition coefficient (Wildman–Crippen LogP) is 4.15. The summed E-state index contributed by atoms with van der Waals surface area (Å²) in [7, 11) is 0. The largest absolute Gasteiger partial charge is 0.488 e. The first kappa shape index (κ1) is 12.8. The lowest BCUT2D eigenvalue weighted by molar-refractivity contribution is 0.111. The first-order valence-corrected chi connectivity index (χ1v) is 6.42. The molecule has 0 saturated heterocycles. The molecule has 0 unspecified atom stereocenters. The van der Waals surface area contributed by atoms with Gasteiger partial charge in [-0.05, 0) is 36.2 Å². The Balaban J connectivity index is 2.15. The van der Waals surface area contributed by atoms with Gasteiger partial charge in [0.1, 0.15) is 12.4 Å². The fourth-order valence-corrected chi connectivity index (χ4v) is 1.97. The highest BCUT2D eigenvalue weighted by Gasteiger charge is 2.06. The SMILES string of the molecule is Cc1cccc(C=O)c1OCc1ccc(Br)cc1. The number of benzene rings is 2. The van der Waals surface area contributed by atoms with Gasteiger partial charge in [-0.3, -0.25) is 4.79 Å². The molecule has 0 heterocycles. The van der Waals surface area contributed by atoms with Crippen molar-refractivity contribution in [1.29, 1.82) is 0 Å². The number of aryl methyl sites for hydroxylation is 1. The number of para-hydroxylation sites is 1. The van der Waals surface area contributed by atoms with E-state index in [1.807, 2.05) is 43.3 Å². The molecule has 2 aromatic carbocycles. The number of carbonyl (C=O) groups excluding carboxylic acids is 1. The quantitative estimate of drug-likeness (QED) is 0.793. The second-order valence-electron chi connectivity index (χ2n) is 4.03. The summed E-state index contributed by atoms with van der Waals surface area (Å²) in [5.41, 5.74) is 2.63. The van der Waals surface area contributed by atoms with E-state index in [2.05, 4.69) is 15.9 Å². The van der Waals surface area contributed by atoms with Crippen molar-refractivity contribution in [2.24, 2.45) is 0 Å². The molecule has 0 aliphatic heterocycles. The molecule has 3 heteroatoms. The van der Waals surface area contributed by atoms with E-state index in [9.17, 15) is 4.79 Å². The van der Waals surface area contributed by atoms with Gasteiger partial charge in [-0.1, -0.05) is 40.2 Å². The van der Waals surface area contributed by atoms with E-state index in [0.717, 1.165) is 21.9 Å². The smallest absolute Gasteiger partial charge is 0.153 e. The lowest BCUT2D eigenvalue weighted by Gasteiger charge is -2.11. The predicted molar refractivity (Wildman–Crippen MR) is 75.0 cm³/mol. The van der Waals surface area contributed by atoms with Gasteiger partial charge < -0.3 is 4.74 Å². The van der Waals surface area contributed by atoms with Crippen molar-refractivity contribution in [1.82, 2.24) is 0 Å². The van der Waals surface area contributed by atoms with E-state index in [1.165, 1.54) is 0 Å². The van der Waals surface area contributed by atoms with Crippen LogP contribution < -0.4 is 4.74 Å². The number of aldehydes is 1. The summed E-state index contributed by atoms with van der Waals surface area (Å²) in [5, 5.41) is 0. The van der Waals surface area contributed by atoms with Gasteiger partial charge in [0.05, 0.1) is 5.56 Å². The maximum Gasteiger partial charge on any atom is 0.153 e. The van der Waals surface area contributed by atoms with Crippen molar-refractivity contribution >= 4 is 22.2 Å². The van der Waals surface area contributed by atoms with E-state index in [1.54, 1.807) is 6.07 Å². The van der Waals surface area contributed by atoms with E-state index >= 15 is 0 Å². The van der Waals surface area contributed by atoms with Crippen LogP contribution in [0.5, 0.6) is 5.75 Å². The molecule has 0 amide bonds. The van der Waals surface area contributed by atoms with Crippen molar-refractivity contribution < 1.29 is 9.53 Å². The van der Waals surface area contributed by atoms with E-state index < -0.39 is 0 Å². The second kappa shape index (κ2) is 5.83. The Hall–Kier alpha value is -1.61. The van der Waals surface area contributed by atoms with Crippen molar-refractivity contribution in [3.05, 3.63) is 63.6 Å². The van der Waals surface area contributed by atoms with E-state index in [-0.39, 0.29) is 0 Å². The third-order valence-electron chi connectivity index (χ3n) is 2.67. The number of rotatable bonds is 4. The zero-order valence-electron chi connectivity index (χ0n) is 10.0. The molecule has 92 valence electrons. The van der Waals surface area contributed by atoms with Gasteiger partial charge in [-0.15, -0.1) is 0 Å². The molecule has 0 radical (unpaired) electrons. The number of hydrogen-bond donors (Lipinski definition) is 0. The molecule has 2 nitrogen and oxygen atoms in total. The van der Waals surface area contributed by atoms with Crippen molar-refractivity contribution in [3.8, 4) is 5.75 Å². The maximum atomic E-state index is 10.9. The zero-order valence-corrected chi connectivity index (χ0v) is 11.6. The van der Waals surface area contributed by atoms with Crippen LogP contribution in [-0.2, 0) is 6.61 Å². The highest BCUT2D eigenvalue weighted by Crippen LogP contribution is 2.23. The van der Waals surface area contributed by atoms with Gasteiger partial charge in [0.15, 0.2) is 6.29 Å². The van der Waals surface area contributed by atoms with Crippen LogP contribution in [0.25, 0.3) is 0 Å². The Bertz CT molecular complexity index is 547. The highest BCUT2D eigenvalue weighted by atomic mass is 79.9. The molecule has 0 bridgehead atoms. The Morgan fingerprint density at radius 2 is 1.89 bits per heavy atom. The lowest BCUT2D eigenvalue weighted by Crippen LogP contribution is -2.00. The summed E-state index contributed by atoms with van der Waals surface area (Å²) in [6, 6.07) is 13.5. The van der Waals surface area contributed by atoms with Gasteiger partial charge in [0.2, 0.25) is 0 Å². The summed E-state index contributed by atoms with van der Waals surface area (Å²) >= 11 is 3.39. The van der Waals surface area contributed by atoms with Crippen LogP contribution in [0.4, 0.5) is 0 Å². The minimum atomic E-state index is 0.457. The molecule has 2 rings (SSSR count). The van der Waals surface area contributed by atoms with Gasteiger partial charge in [0, 0.05) is 4.47 Å². The molecule has 0 aliphatic carbocycles. The fraction of sp³-hybridized carbons (Fsp3) is 0.133. The Labute approximate surface area is 115 Å². The Kier molecular flexibility index (Phi) is 4.15. The minimum Gasteiger partial charge on any atom is -0.488 e. The van der Waals surface area contributed by atoms with Crippen LogP contribution in [0.1, 0.15) is 21.5 Å². The number of hydrogen-bond acceptors (Lipinski definition) is 2. The third-order valence-corrected chi connectivity index (χ3v) is 3.19. The zero-order chi connectivity index (χ0) is 13.0. The standard InChI is InChI=1S/C15H13BrO2/c1-11-3-2-4-13(9-17)15(11)18-10-12-5-7-14(16)8-6-12/h2-9H,10H2,1H3. The summed E-state index contributed by atoms with van der Waals surface area (Å²) in [6.07, 6.45) is 0.823. The van der Waals surface area contributed by atoms with Crippen LogP contribution in [0.2, 0.25) is 0 Å². The lowest BCUT2D eigenvalue weighted by atomic mass is 10.1. The number of carbonyl (C=O) groups is 1. The molecular weight excluding hydrogens is 292 g/mol. The first-order chi connectivity index (χ1) is 8.70. The molecule has 0 aliphatic rings. The van der Waals surface area contributed by atoms with Crippen molar-refractivity contribution in [2.45, 2.75) is 13.5 Å². The summed E-state index contributed by atoms with van der Waals surface area (Å²) in [4.78, 5) is 10.9. The second-order valence-corrected chi connectivity index (χ2v) is 4.94. The highest BCUT2D eigenvalue weighted by molar-refractivity contribution is 9.10. The molecule has 0 aromatic heterocycles. The minimum absolute atomic E-state index is 0.457. The Morgan fingerprint density at radius 1 is 1.17 bits per heavy atom. The van der Waals surface area contributed by atoms with Crippen molar-refractivity contribution in [3.63, 3.8) is 0 Å². The van der Waals surface area contributed by atoms with E-state index in [0.29, 0.717) is 17.9 Å². The average molecular weight is 305 g/mol. The van der Waals surface area contributed by atoms with Gasteiger partial charge in [-0.25, -0.2) is 0 Å². The molecule has 0 spiro atoms. The van der Waals surface area contributed by atoms with Crippen LogP contribution >= 0.6 is 15.9 Å². The van der Waals surface area contributed by atoms with Gasteiger partial charge in [-0.2, -0.15) is 0 Å². The normalized spacial score (nSPS) is 10.1. The van der Waals surface area contributed by atoms with Crippen LogP contribution in [0.3, 0.4) is 0 Å². The molecular formula is C15H13BrO2. The average Bonchev–Trinajstić information content (AvgIpc) is 2.39. The van der Waals surface area contributed by atoms with Gasteiger partial charge in [0.25, 0.3) is 0 Å². The topological polar surface area (TPSA) is 26.3 Å². The molecule has 0 saturated carbocycles. The molecule has 18 heavy (non-hydrogen) atoms. The van der Waals surface area contributed by atoms with Crippen molar-refractivity contribution in [2.75, 3.05) is 0 Å². The summed E-state index contributed by atoms with van der Waals surface area (Å²) in [6.45, 7) is 2.39. The third kappa shape index (κ3) is 2.99. The van der Waals surface area contributed by atoms with Crippen LogP contribution in [0, 0.1) is 6.92 Å². The molecule has 2 aromatic rings.